The number of carbonyl (C=O) groups excluding carboxylic acids is 2. The van der Waals surface area contributed by atoms with Gasteiger partial charge in [-0.15, -0.1) is 0 Å². The quantitative estimate of drug-likeness (QED) is 0.284. The Labute approximate surface area is 241 Å². The van der Waals surface area contributed by atoms with Crippen LogP contribution in [0.3, 0.4) is 0 Å². The van der Waals surface area contributed by atoms with Crippen LogP contribution in [0.1, 0.15) is 56.4 Å². The highest BCUT2D eigenvalue weighted by molar-refractivity contribution is 9.10. The molecule has 1 aliphatic carbocycles. The Morgan fingerprint density at radius 3 is 2.51 bits per heavy atom. The Hall–Kier alpha value is -2.69. The van der Waals surface area contributed by atoms with E-state index in [2.05, 4.69) is 43.9 Å². The molecule has 39 heavy (non-hydrogen) atoms. The van der Waals surface area contributed by atoms with E-state index in [1.807, 2.05) is 29.9 Å². The number of pyridine rings is 1. The lowest BCUT2D eigenvalue weighted by Crippen LogP contribution is -2.42. The van der Waals surface area contributed by atoms with Gasteiger partial charge in [0.25, 0.3) is 0 Å². The van der Waals surface area contributed by atoms with E-state index in [1.54, 1.807) is 6.07 Å². The number of carbonyl (C=O) groups is 2. The maximum atomic E-state index is 13.4. The van der Waals surface area contributed by atoms with Gasteiger partial charge in [-0.3, -0.25) is 9.59 Å². The van der Waals surface area contributed by atoms with E-state index in [1.165, 1.54) is 0 Å². The van der Waals surface area contributed by atoms with E-state index in [9.17, 15) is 9.59 Å². The minimum Gasteiger partial charge on any atom is -0.381 e. The van der Waals surface area contributed by atoms with Gasteiger partial charge in [0.1, 0.15) is 5.41 Å². The van der Waals surface area contributed by atoms with Crippen LogP contribution in [0.25, 0.3) is 11.0 Å². The fourth-order valence-corrected chi connectivity index (χ4v) is 5.67. The topological polar surface area (TPSA) is 110 Å². The summed E-state index contributed by atoms with van der Waals surface area (Å²) in [5, 5.41) is 15.8. The molecule has 9 nitrogen and oxygen atoms in total. The molecule has 1 saturated heterocycles. The molecule has 2 amide bonds. The monoisotopic (exact) mass is 616 g/mol. The number of aromatic nitrogens is 3. The van der Waals surface area contributed by atoms with E-state index in [-0.39, 0.29) is 24.4 Å². The van der Waals surface area contributed by atoms with Gasteiger partial charge in [0, 0.05) is 54.6 Å². The summed E-state index contributed by atoms with van der Waals surface area (Å²) < 4.78 is 8.22. The number of nitrogens with one attached hydrogen (secondary N) is 3. The first-order chi connectivity index (χ1) is 18.9. The predicted molar refractivity (Wildman–Crippen MR) is 155 cm³/mol. The first-order valence-electron chi connectivity index (χ1n) is 13.6. The number of ether oxygens (including phenoxy) is 1. The minimum atomic E-state index is -1.03. The number of hydrogen-bond donors (Lipinski definition) is 3. The summed E-state index contributed by atoms with van der Waals surface area (Å²) in [6.07, 6.45) is 5.44. The van der Waals surface area contributed by atoms with Gasteiger partial charge in [-0.05, 0) is 72.7 Å². The lowest BCUT2D eigenvalue weighted by atomic mass is 10.0. The molecule has 3 aromatic rings. The van der Waals surface area contributed by atoms with Crippen LogP contribution in [0.2, 0.25) is 5.02 Å². The number of fused-ring (bicyclic) bond motifs is 1. The molecule has 5 rings (SSSR count). The van der Waals surface area contributed by atoms with Gasteiger partial charge < -0.3 is 20.7 Å². The fourth-order valence-electron chi connectivity index (χ4n) is 5.12. The Balaban J connectivity index is 1.34. The molecule has 1 saturated carbocycles. The van der Waals surface area contributed by atoms with Gasteiger partial charge in [0.05, 0.1) is 22.3 Å². The number of anilines is 1. The average molecular weight is 618 g/mol. The van der Waals surface area contributed by atoms with Crippen LogP contribution < -0.4 is 16.0 Å². The summed E-state index contributed by atoms with van der Waals surface area (Å²) in [5.41, 5.74) is 3.53. The molecule has 2 aromatic heterocycles. The van der Waals surface area contributed by atoms with Crippen molar-refractivity contribution in [3.8, 4) is 0 Å². The van der Waals surface area contributed by atoms with Crippen molar-refractivity contribution in [2.45, 2.75) is 71.6 Å². The molecule has 2 fully saturated rings. The van der Waals surface area contributed by atoms with Crippen LogP contribution >= 0.6 is 27.5 Å². The number of rotatable bonds is 10. The summed E-state index contributed by atoms with van der Waals surface area (Å²) >= 11 is 9.48. The van der Waals surface area contributed by atoms with Crippen molar-refractivity contribution in [3.05, 3.63) is 50.7 Å². The number of halogens is 2. The number of hydrogen-bond acceptors (Lipinski definition) is 6. The Bertz CT molecular complexity index is 1380. The van der Waals surface area contributed by atoms with Gasteiger partial charge in [-0.1, -0.05) is 24.6 Å². The third-order valence-electron chi connectivity index (χ3n) is 7.66. The third kappa shape index (κ3) is 5.78. The largest absolute Gasteiger partial charge is 0.381 e. The molecule has 3 heterocycles. The Morgan fingerprint density at radius 1 is 1.15 bits per heavy atom. The van der Waals surface area contributed by atoms with Gasteiger partial charge in [-0.25, -0.2) is 9.67 Å². The first-order valence-corrected chi connectivity index (χ1v) is 14.8. The van der Waals surface area contributed by atoms with Crippen LogP contribution in [0.4, 0.5) is 5.69 Å². The van der Waals surface area contributed by atoms with Crippen molar-refractivity contribution in [1.29, 1.82) is 0 Å². The summed E-state index contributed by atoms with van der Waals surface area (Å²) in [6.45, 7) is 6.88. The van der Waals surface area contributed by atoms with Crippen LogP contribution in [0.5, 0.6) is 0 Å². The molecule has 0 bridgehead atoms. The Kier molecular flexibility index (Phi) is 8.44. The van der Waals surface area contributed by atoms with Crippen molar-refractivity contribution < 1.29 is 14.3 Å². The number of amides is 2. The second-order valence-electron chi connectivity index (χ2n) is 10.2. The third-order valence-corrected chi connectivity index (χ3v) is 8.87. The van der Waals surface area contributed by atoms with Crippen molar-refractivity contribution in [2.75, 3.05) is 18.5 Å². The smallest absolute Gasteiger partial charge is 0.235 e. The highest BCUT2D eigenvalue weighted by Crippen LogP contribution is 2.46. The minimum absolute atomic E-state index is 0.249. The lowest BCUT2D eigenvalue weighted by molar-refractivity contribution is -0.137. The molecular formula is C28H34BrClN6O3. The van der Waals surface area contributed by atoms with Crippen molar-refractivity contribution in [2.24, 2.45) is 5.41 Å². The van der Waals surface area contributed by atoms with Gasteiger partial charge in [-0.2, -0.15) is 5.10 Å². The highest BCUT2D eigenvalue weighted by atomic mass is 79.9. The molecule has 208 valence electrons. The second-order valence-corrected chi connectivity index (χ2v) is 11.5. The highest BCUT2D eigenvalue weighted by Gasteiger charge is 2.56. The zero-order valence-electron chi connectivity index (χ0n) is 22.3. The molecule has 2 aliphatic rings. The molecule has 0 unspecified atom stereocenters. The molecule has 0 spiro atoms. The summed E-state index contributed by atoms with van der Waals surface area (Å²) in [6, 6.07) is 5.77. The predicted octanol–water partition coefficient (Wildman–Crippen LogP) is 4.73. The van der Waals surface area contributed by atoms with E-state index in [4.69, 9.17) is 21.3 Å². The van der Waals surface area contributed by atoms with E-state index >= 15 is 0 Å². The normalized spacial score (nSPS) is 16.7. The molecule has 1 aliphatic heterocycles. The molecular weight excluding hydrogens is 584 g/mol. The van der Waals surface area contributed by atoms with Crippen molar-refractivity contribution in [3.63, 3.8) is 0 Å². The molecule has 3 N–H and O–H groups in total. The molecule has 0 atom stereocenters. The van der Waals surface area contributed by atoms with Crippen LogP contribution in [-0.2, 0) is 40.4 Å². The average Bonchev–Trinajstić information content (AvgIpc) is 3.67. The Morgan fingerprint density at radius 2 is 1.87 bits per heavy atom. The van der Waals surface area contributed by atoms with Gasteiger partial charge in [0.15, 0.2) is 5.65 Å². The van der Waals surface area contributed by atoms with E-state index in [0.717, 1.165) is 70.6 Å². The SMILES string of the molecule is CCc1nc2c(cnn2CC)c(NC2CCOCC2)c1CNC(=O)C1(C(=O)NCc2ccc(Cl)c(Br)c2)CC1. The number of aryl methyl sites for hydroxylation is 2. The first kappa shape index (κ1) is 27.9. The number of nitrogens with zero attached hydrogens (tertiary/aromatic N) is 3. The maximum absolute atomic E-state index is 13.4. The van der Waals surface area contributed by atoms with Crippen molar-refractivity contribution in [1.82, 2.24) is 25.4 Å². The van der Waals surface area contributed by atoms with Crippen molar-refractivity contribution >= 4 is 56.1 Å². The summed E-state index contributed by atoms with van der Waals surface area (Å²) in [5.74, 6) is -0.499. The lowest BCUT2D eigenvalue weighted by Gasteiger charge is -2.27. The summed E-state index contributed by atoms with van der Waals surface area (Å²) in [4.78, 5) is 31.4. The zero-order chi connectivity index (χ0) is 27.6. The van der Waals surface area contributed by atoms with Crippen LogP contribution in [-0.4, -0.2) is 45.8 Å². The van der Waals surface area contributed by atoms with E-state index in [0.29, 0.717) is 30.8 Å². The second kappa shape index (κ2) is 11.8. The van der Waals surface area contributed by atoms with Crippen LogP contribution in [0, 0.1) is 5.41 Å². The fraction of sp³-hybridized carbons (Fsp3) is 0.500. The summed E-state index contributed by atoms with van der Waals surface area (Å²) in [7, 11) is 0. The van der Waals surface area contributed by atoms with Crippen LogP contribution in [0.15, 0.2) is 28.9 Å². The van der Waals surface area contributed by atoms with E-state index < -0.39 is 5.41 Å². The molecule has 0 radical (unpaired) electrons. The number of benzene rings is 1. The standard InChI is InChI=1S/C28H34BrClN6O3/c1-3-23-19(24(34-18-7-11-39-12-8-18)20-16-33-36(4-2)25(20)35-23)15-32-27(38)28(9-10-28)26(37)31-14-17-5-6-22(30)21(29)13-17/h5-6,13,16,18H,3-4,7-12,14-15H2,1-2H3,(H,31,37)(H,32,38)(H,34,35). The van der Waals surface area contributed by atoms with Gasteiger partial charge in [0.2, 0.25) is 11.8 Å². The molecule has 1 aromatic carbocycles. The van der Waals surface area contributed by atoms with Gasteiger partial charge >= 0.3 is 0 Å². The maximum Gasteiger partial charge on any atom is 0.235 e. The zero-order valence-corrected chi connectivity index (χ0v) is 24.6. The molecule has 11 heteroatoms.